The van der Waals surface area contributed by atoms with Crippen molar-refractivity contribution in [1.82, 2.24) is 0 Å². The molecular formula is C16H22O3. The minimum absolute atomic E-state index is 0.224. The standard InChI is InChI=1S/C16H22O3/c1-16(2,3)19-15(18)10-11-7-8-12-5-4-6-14(17)13(12)9-11/h7-9,14,17H,4-6,10H2,1-3H3. The van der Waals surface area contributed by atoms with E-state index in [0.717, 1.165) is 30.4 Å². The van der Waals surface area contributed by atoms with Crippen LogP contribution < -0.4 is 0 Å². The van der Waals surface area contributed by atoms with Crippen LogP contribution in [0.3, 0.4) is 0 Å². The van der Waals surface area contributed by atoms with Gasteiger partial charge < -0.3 is 9.84 Å². The molecule has 0 bridgehead atoms. The summed E-state index contributed by atoms with van der Waals surface area (Å²) in [6.45, 7) is 5.59. The Bertz CT molecular complexity index is 471. The maximum Gasteiger partial charge on any atom is 0.310 e. The zero-order valence-electron chi connectivity index (χ0n) is 11.9. The quantitative estimate of drug-likeness (QED) is 0.834. The summed E-state index contributed by atoms with van der Waals surface area (Å²) in [4.78, 5) is 11.8. The van der Waals surface area contributed by atoms with E-state index in [1.807, 2.05) is 39.0 Å². The molecule has 3 nitrogen and oxygen atoms in total. The summed E-state index contributed by atoms with van der Waals surface area (Å²) in [5, 5.41) is 9.99. The number of hydrogen-bond donors (Lipinski definition) is 1. The second kappa shape index (κ2) is 5.33. The number of carbonyl (C=O) groups is 1. The van der Waals surface area contributed by atoms with Crippen LogP contribution >= 0.6 is 0 Å². The summed E-state index contributed by atoms with van der Waals surface area (Å²) in [6, 6.07) is 5.93. The Morgan fingerprint density at radius 3 is 2.84 bits per heavy atom. The normalized spacial score (nSPS) is 18.8. The summed E-state index contributed by atoms with van der Waals surface area (Å²) in [7, 11) is 0. The molecule has 2 rings (SSSR count). The first-order valence-electron chi connectivity index (χ1n) is 6.87. The van der Waals surface area contributed by atoms with Crippen molar-refractivity contribution in [3.8, 4) is 0 Å². The van der Waals surface area contributed by atoms with Crippen LogP contribution in [0.5, 0.6) is 0 Å². The van der Waals surface area contributed by atoms with Crippen LogP contribution in [0, 0.1) is 0 Å². The highest BCUT2D eigenvalue weighted by molar-refractivity contribution is 5.73. The first kappa shape index (κ1) is 14.1. The molecule has 0 amide bonds. The van der Waals surface area contributed by atoms with Crippen molar-refractivity contribution in [3.05, 3.63) is 34.9 Å². The Morgan fingerprint density at radius 1 is 1.42 bits per heavy atom. The molecule has 19 heavy (non-hydrogen) atoms. The number of fused-ring (bicyclic) bond motifs is 1. The molecular weight excluding hydrogens is 240 g/mol. The van der Waals surface area contributed by atoms with Gasteiger partial charge in [-0.3, -0.25) is 4.79 Å². The highest BCUT2D eigenvalue weighted by Crippen LogP contribution is 2.30. The lowest BCUT2D eigenvalue weighted by atomic mass is 9.88. The molecule has 1 aromatic carbocycles. The second-order valence-corrected chi connectivity index (χ2v) is 6.20. The van der Waals surface area contributed by atoms with E-state index >= 15 is 0 Å². The fourth-order valence-corrected chi connectivity index (χ4v) is 2.48. The van der Waals surface area contributed by atoms with Crippen molar-refractivity contribution >= 4 is 5.97 Å². The third-order valence-corrected chi connectivity index (χ3v) is 3.26. The topological polar surface area (TPSA) is 46.5 Å². The molecule has 1 N–H and O–H groups in total. The Kier molecular flexibility index (Phi) is 3.95. The van der Waals surface area contributed by atoms with Crippen molar-refractivity contribution in [2.24, 2.45) is 0 Å². The van der Waals surface area contributed by atoms with Crippen LogP contribution in [0.1, 0.15) is 56.4 Å². The Morgan fingerprint density at radius 2 is 2.16 bits per heavy atom. The Hall–Kier alpha value is -1.35. The smallest absolute Gasteiger partial charge is 0.310 e. The number of aliphatic hydroxyl groups excluding tert-OH is 1. The molecule has 0 saturated heterocycles. The second-order valence-electron chi connectivity index (χ2n) is 6.20. The lowest BCUT2D eigenvalue weighted by Gasteiger charge is -2.22. The molecule has 0 heterocycles. The fraction of sp³-hybridized carbons (Fsp3) is 0.562. The van der Waals surface area contributed by atoms with Gasteiger partial charge in [-0.15, -0.1) is 0 Å². The van der Waals surface area contributed by atoms with Gasteiger partial charge in [0.15, 0.2) is 0 Å². The molecule has 0 fully saturated rings. The van der Waals surface area contributed by atoms with Gasteiger partial charge in [-0.2, -0.15) is 0 Å². The molecule has 1 aliphatic rings. The van der Waals surface area contributed by atoms with Gasteiger partial charge in [0.05, 0.1) is 12.5 Å². The molecule has 1 atom stereocenters. The van der Waals surface area contributed by atoms with E-state index in [-0.39, 0.29) is 18.5 Å². The van der Waals surface area contributed by atoms with Gasteiger partial charge in [0.2, 0.25) is 0 Å². The van der Waals surface area contributed by atoms with Gasteiger partial charge in [-0.25, -0.2) is 0 Å². The van der Waals surface area contributed by atoms with Crippen LogP contribution in [0.2, 0.25) is 0 Å². The highest BCUT2D eigenvalue weighted by atomic mass is 16.6. The first-order chi connectivity index (χ1) is 8.85. The molecule has 1 aromatic rings. The zero-order chi connectivity index (χ0) is 14.0. The highest BCUT2D eigenvalue weighted by Gasteiger charge is 2.20. The third kappa shape index (κ3) is 3.80. The molecule has 3 heteroatoms. The minimum atomic E-state index is -0.454. The van der Waals surface area contributed by atoms with Gasteiger partial charge in [0.1, 0.15) is 5.60 Å². The lowest BCUT2D eigenvalue weighted by Crippen LogP contribution is -2.25. The number of rotatable bonds is 2. The molecule has 1 unspecified atom stereocenters. The molecule has 0 aliphatic heterocycles. The van der Waals surface area contributed by atoms with Crippen molar-refractivity contribution in [1.29, 1.82) is 0 Å². The molecule has 0 saturated carbocycles. The summed E-state index contributed by atoms with van der Waals surface area (Å²) in [5.41, 5.74) is 2.64. The predicted octanol–water partition coefficient (Wildman–Crippen LogP) is 2.94. The van der Waals surface area contributed by atoms with Crippen LogP contribution in [0.25, 0.3) is 0 Å². The summed E-state index contributed by atoms with van der Waals surface area (Å²) in [6.07, 6.45) is 2.72. The number of ether oxygens (including phenoxy) is 1. The molecule has 0 radical (unpaired) electrons. The summed E-state index contributed by atoms with van der Waals surface area (Å²) in [5.74, 6) is -0.224. The number of esters is 1. The number of hydrogen-bond acceptors (Lipinski definition) is 3. The van der Waals surface area contributed by atoms with E-state index in [1.54, 1.807) is 0 Å². The number of aliphatic hydroxyl groups is 1. The molecule has 0 spiro atoms. The molecule has 1 aliphatic carbocycles. The van der Waals surface area contributed by atoms with Gasteiger partial charge in [0.25, 0.3) is 0 Å². The number of carbonyl (C=O) groups excluding carboxylic acids is 1. The number of aryl methyl sites for hydroxylation is 1. The average Bonchev–Trinajstić information content (AvgIpc) is 2.27. The maximum atomic E-state index is 11.8. The summed E-state index contributed by atoms with van der Waals surface area (Å²) >= 11 is 0. The van der Waals surface area contributed by atoms with Gasteiger partial charge in [-0.1, -0.05) is 18.2 Å². The third-order valence-electron chi connectivity index (χ3n) is 3.26. The van der Waals surface area contributed by atoms with Crippen molar-refractivity contribution in [2.45, 2.75) is 58.2 Å². The zero-order valence-corrected chi connectivity index (χ0v) is 11.9. The lowest BCUT2D eigenvalue weighted by molar-refractivity contribution is -0.153. The van der Waals surface area contributed by atoms with Crippen molar-refractivity contribution < 1.29 is 14.6 Å². The van der Waals surface area contributed by atoms with Crippen molar-refractivity contribution in [3.63, 3.8) is 0 Å². The largest absolute Gasteiger partial charge is 0.460 e. The van der Waals surface area contributed by atoms with E-state index < -0.39 is 5.60 Å². The molecule has 0 aromatic heterocycles. The Balaban J connectivity index is 2.10. The van der Waals surface area contributed by atoms with E-state index in [9.17, 15) is 9.90 Å². The molecule has 104 valence electrons. The monoisotopic (exact) mass is 262 g/mol. The van der Waals surface area contributed by atoms with Crippen LogP contribution in [0.4, 0.5) is 0 Å². The summed E-state index contributed by atoms with van der Waals surface area (Å²) < 4.78 is 5.31. The Labute approximate surface area is 114 Å². The SMILES string of the molecule is CC(C)(C)OC(=O)Cc1ccc2c(c1)C(O)CCC2. The van der Waals surface area contributed by atoms with E-state index in [2.05, 4.69) is 0 Å². The first-order valence-corrected chi connectivity index (χ1v) is 6.87. The minimum Gasteiger partial charge on any atom is -0.460 e. The van der Waals surface area contributed by atoms with Gasteiger partial charge in [0, 0.05) is 0 Å². The maximum absolute atomic E-state index is 11.8. The van der Waals surface area contributed by atoms with E-state index in [4.69, 9.17) is 4.74 Å². The number of benzene rings is 1. The fourth-order valence-electron chi connectivity index (χ4n) is 2.48. The predicted molar refractivity (Wildman–Crippen MR) is 73.9 cm³/mol. The van der Waals surface area contributed by atoms with Gasteiger partial charge >= 0.3 is 5.97 Å². The van der Waals surface area contributed by atoms with Crippen molar-refractivity contribution in [2.75, 3.05) is 0 Å². The van der Waals surface area contributed by atoms with E-state index in [0.29, 0.717) is 0 Å². The van der Waals surface area contributed by atoms with Crippen LogP contribution in [0.15, 0.2) is 18.2 Å². The van der Waals surface area contributed by atoms with Crippen LogP contribution in [-0.4, -0.2) is 16.7 Å². The average molecular weight is 262 g/mol. The van der Waals surface area contributed by atoms with E-state index in [1.165, 1.54) is 5.56 Å². The van der Waals surface area contributed by atoms with Crippen LogP contribution in [-0.2, 0) is 22.4 Å². The van der Waals surface area contributed by atoms with Gasteiger partial charge in [-0.05, 0) is 56.7 Å².